The van der Waals surface area contributed by atoms with Crippen molar-refractivity contribution in [3.8, 4) is 0 Å². The average molecular weight is 326 g/mol. The first-order chi connectivity index (χ1) is 11.5. The number of carbonyl (C=O) groups excluding carboxylic acids is 1. The van der Waals surface area contributed by atoms with Crippen LogP contribution >= 0.6 is 0 Å². The second kappa shape index (κ2) is 5.59. The van der Waals surface area contributed by atoms with Crippen LogP contribution in [0.2, 0.25) is 0 Å². The van der Waals surface area contributed by atoms with Gasteiger partial charge in [-0.2, -0.15) is 5.10 Å². The number of aromatic nitrogens is 2. The van der Waals surface area contributed by atoms with E-state index < -0.39 is 5.54 Å². The predicted molar refractivity (Wildman–Crippen MR) is 94.6 cm³/mol. The molecule has 1 amide bonds. The Morgan fingerprint density at radius 3 is 2.67 bits per heavy atom. The Bertz CT molecular complexity index is 767. The number of nitrogens with zero attached hydrogens (tertiary/aromatic N) is 1. The largest absolute Gasteiger partial charge is 0.345 e. The number of aromatic amines is 1. The number of para-hydroxylation sites is 1. The van der Waals surface area contributed by atoms with Gasteiger partial charge >= 0.3 is 0 Å². The third-order valence-corrected chi connectivity index (χ3v) is 5.87. The van der Waals surface area contributed by atoms with Crippen LogP contribution in [0.25, 0.3) is 10.9 Å². The fourth-order valence-corrected chi connectivity index (χ4v) is 4.51. The van der Waals surface area contributed by atoms with Crippen LogP contribution in [0.15, 0.2) is 18.2 Å². The standard InChI is InChI=1S/C19H26N4O/c1-11-5-4-6-15-16(11)22-23-17(15)19(2,3)21-18(24)12-7-13-9-20-10-14(13)8-12/h4-6,12-14,20H,7-10H2,1-3H3,(H,21,24)(H,22,23). The molecule has 128 valence electrons. The highest BCUT2D eigenvalue weighted by Gasteiger charge is 2.41. The molecule has 1 aliphatic carbocycles. The van der Waals surface area contributed by atoms with Crippen LogP contribution < -0.4 is 10.6 Å². The summed E-state index contributed by atoms with van der Waals surface area (Å²) in [7, 11) is 0. The van der Waals surface area contributed by atoms with Gasteiger partial charge in [-0.1, -0.05) is 18.2 Å². The monoisotopic (exact) mass is 326 g/mol. The van der Waals surface area contributed by atoms with Gasteiger partial charge in [-0.25, -0.2) is 0 Å². The van der Waals surface area contributed by atoms with E-state index in [0.29, 0.717) is 11.8 Å². The van der Waals surface area contributed by atoms with Gasteiger partial charge in [0.15, 0.2) is 0 Å². The molecule has 0 radical (unpaired) electrons. The van der Waals surface area contributed by atoms with Crippen molar-refractivity contribution in [2.24, 2.45) is 17.8 Å². The predicted octanol–water partition coefficient (Wildman–Crippen LogP) is 2.47. The number of carbonyl (C=O) groups is 1. The summed E-state index contributed by atoms with van der Waals surface area (Å²) in [6.07, 6.45) is 2.03. The molecule has 2 unspecified atom stereocenters. The van der Waals surface area contributed by atoms with Crippen molar-refractivity contribution in [2.75, 3.05) is 13.1 Å². The van der Waals surface area contributed by atoms with Crippen LogP contribution in [-0.2, 0) is 10.3 Å². The van der Waals surface area contributed by atoms with Crippen LogP contribution in [0.4, 0.5) is 0 Å². The topological polar surface area (TPSA) is 69.8 Å². The molecule has 2 fully saturated rings. The summed E-state index contributed by atoms with van der Waals surface area (Å²) in [6, 6.07) is 6.17. The van der Waals surface area contributed by atoms with Crippen LogP contribution in [0, 0.1) is 24.7 Å². The van der Waals surface area contributed by atoms with Gasteiger partial charge in [-0.05, 0) is 64.1 Å². The molecule has 0 bridgehead atoms. The van der Waals surface area contributed by atoms with Gasteiger partial charge in [-0.15, -0.1) is 0 Å². The maximum Gasteiger partial charge on any atom is 0.223 e. The molecule has 1 aromatic heterocycles. The molecule has 4 rings (SSSR count). The third-order valence-electron chi connectivity index (χ3n) is 5.87. The summed E-state index contributed by atoms with van der Waals surface area (Å²) in [6.45, 7) is 8.31. The summed E-state index contributed by atoms with van der Waals surface area (Å²) < 4.78 is 0. The number of aryl methyl sites for hydroxylation is 1. The van der Waals surface area contributed by atoms with E-state index in [4.69, 9.17) is 0 Å². The minimum atomic E-state index is -0.463. The Morgan fingerprint density at radius 1 is 1.25 bits per heavy atom. The van der Waals surface area contributed by atoms with Gasteiger partial charge in [-0.3, -0.25) is 9.89 Å². The van der Waals surface area contributed by atoms with E-state index in [1.54, 1.807) is 0 Å². The minimum absolute atomic E-state index is 0.150. The number of nitrogens with one attached hydrogen (secondary N) is 3. The lowest BCUT2D eigenvalue weighted by Crippen LogP contribution is -2.44. The first kappa shape index (κ1) is 15.6. The fourth-order valence-electron chi connectivity index (χ4n) is 4.51. The highest BCUT2D eigenvalue weighted by molar-refractivity contribution is 5.86. The lowest BCUT2D eigenvalue weighted by Gasteiger charge is -2.27. The van der Waals surface area contributed by atoms with Crippen molar-refractivity contribution in [1.29, 1.82) is 0 Å². The number of rotatable bonds is 3. The van der Waals surface area contributed by atoms with Crippen LogP contribution in [0.3, 0.4) is 0 Å². The molecule has 5 nitrogen and oxygen atoms in total. The molecule has 1 saturated carbocycles. The molecule has 2 aliphatic rings. The zero-order valence-corrected chi connectivity index (χ0v) is 14.6. The van der Waals surface area contributed by atoms with Crippen LogP contribution in [0.5, 0.6) is 0 Å². The molecular formula is C19H26N4O. The zero-order chi connectivity index (χ0) is 16.9. The molecule has 1 saturated heterocycles. The maximum atomic E-state index is 12.8. The molecule has 3 N–H and O–H groups in total. The van der Waals surface area contributed by atoms with Crippen molar-refractivity contribution in [2.45, 2.75) is 39.2 Å². The first-order valence-corrected chi connectivity index (χ1v) is 8.92. The second-order valence-electron chi connectivity index (χ2n) is 8.03. The Balaban J connectivity index is 1.54. The molecule has 5 heteroatoms. The van der Waals surface area contributed by atoms with Crippen LogP contribution in [-0.4, -0.2) is 29.2 Å². The lowest BCUT2D eigenvalue weighted by molar-refractivity contribution is -0.126. The summed E-state index contributed by atoms with van der Waals surface area (Å²) in [5.41, 5.74) is 2.65. The third kappa shape index (κ3) is 2.51. The van der Waals surface area contributed by atoms with Gasteiger partial charge in [0.05, 0.1) is 16.7 Å². The van der Waals surface area contributed by atoms with Crippen molar-refractivity contribution >= 4 is 16.8 Å². The number of benzene rings is 1. The number of hydrogen-bond acceptors (Lipinski definition) is 3. The van der Waals surface area contributed by atoms with Crippen molar-refractivity contribution in [3.05, 3.63) is 29.5 Å². The summed E-state index contributed by atoms with van der Waals surface area (Å²) in [5, 5.41) is 15.4. The normalized spacial score (nSPS) is 26.7. The maximum absolute atomic E-state index is 12.8. The molecule has 2 aromatic rings. The van der Waals surface area contributed by atoms with Gasteiger partial charge in [0.25, 0.3) is 0 Å². The number of H-pyrrole nitrogens is 1. The summed E-state index contributed by atoms with van der Waals surface area (Å²) >= 11 is 0. The Morgan fingerprint density at radius 2 is 1.96 bits per heavy atom. The molecule has 1 aliphatic heterocycles. The van der Waals surface area contributed by atoms with Gasteiger partial charge in [0.1, 0.15) is 0 Å². The van der Waals surface area contributed by atoms with Crippen molar-refractivity contribution in [3.63, 3.8) is 0 Å². The highest BCUT2D eigenvalue weighted by atomic mass is 16.2. The van der Waals surface area contributed by atoms with Gasteiger partial charge in [0.2, 0.25) is 5.91 Å². The average Bonchev–Trinajstić information content (AvgIpc) is 3.21. The Labute approximate surface area is 142 Å². The number of fused-ring (bicyclic) bond motifs is 2. The molecular weight excluding hydrogens is 300 g/mol. The number of amides is 1. The molecule has 1 aromatic carbocycles. The summed E-state index contributed by atoms with van der Waals surface area (Å²) in [5.74, 6) is 1.70. The van der Waals surface area contributed by atoms with E-state index in [0.717, 1.165) is 48.1 Å². The quantitative estimate of drug-likeness (QED) is 0.811. The highest BCUT2D eigenvalue weighted by Crippen LogP contribution is 2.39. The second-order valence-corrected chi connectivity index (χ2v) is 8.03. The zero-order valence-electron chi connectivity index (χ0n) is 14.6. The minimum Gasteiger partial charge on any atom is -0.345 e. The lowest BCUT2D eigenvalue weighted by atomic mass is 9.94. The van der Waals surface area contributed by atoms with E-state index in [1.807, 2.05) is 6.07 Å². The van der Waals surface area contributed by atoms with Crippen molar-refractivity contribution < 1.29 is 4.79 Å². The molecule has 24 heavy (non-hydrogen) atoms. The van der Waals surface area contributed by atoms with E-state index in [1.165, 1.54) is 0 Å². The molecule has 2 atom stereocenters. The number of hydrogen-bond donors (Lipinski definition) is 3. The van der Waals surface area contributed by atoms with E-state index in [-0.39, 0.29) is 11.8 Å². The van der Waals surface area contributed by atoms with Crippen LogP contribution in [0.1, 0.15) is 37.9 Å². The molecule has 0 spiro atoms. The van der Waals surface area contributed by atoms with Crippen molar-refractivity contribution in [1.82, 2.24) is 20.8 Å². The Kier molecular flexibility index (Phi) is 3.64. The van der Waals surface area contributed by atoms with E-state index in [9.17, 15) is 4.79 Å². The smallest absolute Gasteiger partial charge is 0.223 e. The van der Waals surface area contributed by atoms with E-state index in [2.05, 4.69) is 53.7 Å². The molecule has 2 heterocycles. The first-order valence-electron chi connectivity index (χ1n) is 8.92. The van der Waals surface area contributed by atoms with Gasteiger partial charge in [0, 0.05) is 11.3 Å². The SMILES string of the molecule is Cc1cccc2c(C(C)(C)NC(=O)C3CC4CNCC4C3)[nH]nc12. The fraction of sp³-hybridized carbons (Fsp3) is 0.579. The van der Waals surface area contributed by atoms with E-state index >= 15 is 0 Å². The van der Waals surface area contributed by atoms with Gasteiger partial charge < -0.3 is 10.6 Å². The Hall–Kier alpha value is -1.88. The summed E-state index contributed by atoms with van der Waals surface area (Å²) in [4.78, 5) is 12.8.